The number of amides is 1. The number of hydrogen-bond acceptors (Lipinski definition) is 3. The van der Waals surface area contributed by atoms with Crippen LogP contribution in [0, 0.1) is 6.92 Å². The third-order valence-electron chi connectivity index (χ3n) is 5.29. The summed E-state index contributed by atoms with van der Waals surface area (Å²) in [7, 11) is 0. The molecule has 0 fully saturated rings. The molecule has 0 spiro atoms. The fraction of sp³-hybridized carbons (Fsp3) is 0.208. The van der Waals surface area contributed by atoms with E-state index in [4.69, 9.17) is 4.98 Å². The minimum Gasteiger partial charge on any atom is -0.345 e. The average molecular weight is 384 g/mol. The number of nitrogens with one attached hydrogen (secondary N) is 1. The van der Waals surface area contributed by atoms with E-state index in [0.29, 0.717) is 5.56 Å². The van der Waals surface area contributed by atoms with Gasteiger partial charge >= 0.3 is 0 Å². The fourth-order valence-electron chi connectivity index (χ4n) is 3.62. The summed E-state index contributed by atoms with van der Waals surface area (Å²) in [4.78, 5) is 18.0. The Morgan fingerprint density at radius 2 is 1.83 bits per heavy atom. The van der Waals surface area contributed by atoms with Gasteiger partial charge in [-0.1, -0.05) is 48.5 Å². The van der Waals surface area contributed by atoms with Crippen LogP contribution in [-0.2, 0) is 6.54 Å². The van der Waals surface area contributed by atoms with E-state index in [9.17, 15) is 4.79 Å². The van der Waals surface area contributed by atoms with Crippen LogP contribution < -0.4 is 5.32 Å². The topological polar surface area (TPSA) is 59.8 Å². The molecule has 0 radical (unpaired) electrons. The molecule has 1 atom stereocenters. The number of benzene rings is 2. The number of aromatic nitrogens is 3. The molecule has 146 valence electrons. The Kier molecular flexibility index (Phi) is 5.12. The molecule has 4 aromatic rings. The third kappa shape index (κ3) is 3.63. The molecule has 0 saturated heterocycles. The van der Waals surface area contributed by atoms with Crippen molar-refractivity contribution in [1.82, 2.24) is 20.1 Å². The monoisotopic (exact) mass is 384 g/mol. The van der Waals surface area contributed by atoms with Crippen LogP contribution in [0.2, 0.25) is 0 Å². The van der Waals surface area contributed by atoms with Crippen LogP contribution in [0.4, 0.5) is 0 Å². The highest BCUT2D eigenvalue weighted by Gasteiger charge is 2.18. The number of aryl methyl sites for hydroxylation is 1. The highest BCUT2D eigenvalue weighted by Crippen LogP contribution is 2.27. The van der Waals surface area contributed by atoms with Crippen LogP contribution >= 0.6 is 0 Å². The second kappa shape index (κ2) is 7.87. The normalized spacial score (nSPS) is 12.1. The molecule has 0 aliphatic heterocycles. The summed E-state index contributed by atoms with van der Waals surface area (Å²) in [6, 6.07) is 19.5. The zero-order chi connectivity index (χ0) is 20.4. The van der Waals surface area contributed by atoms with Gasteiger partial charge in [0.25, 0.3) is 5.91 Å². The minimum absolute atomic E-state index is 0.0938. The Bertz CT molecular complexity index is 1160. The molecule has 5 nitrogen and oxygen atoms in total. The standard InChI is InChI=1S/C24H24N4O/c1-4-28-17(3)21(15-25-28)23-14-20(19-12-8-9-13-22(19)27-23)24(29)26-16(2)18-10-6-5-7-11-18/h5-16H,4H2,1-3H3,(H,26,29). The number of fused-ring (bicyclic) bond motifs is 1. The molecule has 0 bridgehead atoms. The second-order valence-electron chi connectivity index (χ2n) is 7.14. The van der Waals surface area contributed by atoms with Crippen molar-refractivity contribution in [3.05, 3.63) is 83.7 Å². The predicted octanol–water partition coefficient (Wildman–Crippen LogP) is 4.92. The zero-order valence-electron chi connectivity index (χ0n) is 16.9. The Labute approximate surface area is 170 Å². The lowest BCUT2D eigenvalue weighted by Crippen LogP contribution is -2.27. The highest BCUT2D eigenvalue weighted by molar-refractivity contribution is 6.07. The number of carbonyl (C=O) groups is 1. The number of nitrogens with zero attached hydrogens (tertiary/aromatic N) is 3. The maximum absolute atomic E-state index is 13.2. The molecule has 2 aromatic carbocycles. The molecule has 4 rings (SSSR count). The summed E-state index contributed by atoms with van der Waals surface area (Å²) in [6.07, 6.45) is 1.82. The summed E-state index contributed by atoms with van der Waals surface area (Å²) in [6.45, 7) is 6.87. The smallest absolute Gasteiger partial charge is 0.252 e. The molecule has 1 N–H and O–H groups in total. The van der Waals surface area contributed by atoms with Gasteiger partial charge in [-0.2, -0.15) is 5.10 Å². The number of rotatable bonds is 5. The van der Waals surface area contributed by atoms with Gasteiger partial charge in [-0.3, -0.25) is 9.48 Å². The van der Waals surface area contributed by atoms with Crippen molar-refractivity contribution < 1.29 is 4.79 Å². The zero-order valence-corrected chi connectivity index (χ0v) is 16.9. The Morgan fingerprint density at radius 3 is 2.55 bits per heavy atom. The molecule has 0 saturated carbocycles. The van der Waals surface area contributed by atoms with E-state index in [2.05, 4.69) is 17.3 Å². The second-order valence-corrected chi connectivity index (χ2v) is 7.14. The van der Waals surface area contributed by atoms with Crippen LogP contribution in [0.3, 0.4) is 0 Å². The molecule has 2 heterocycles. The van der Waals surface area contributed by atoms with Crippen molar-refractivity contribution >= 4 is 16.8 Å². The summed E-state index contributed by atoms with van der Waals surface area (Å²) < 4.78 is 1.93. The maximum atomic E-state index is 13.2. The molecule has 0 aliphatic carbocycles. The van der Waals surface area contributed by atoms with Gasteiger partial charge in [0.15, 0.2) is 0 Å². The van der Waals surface area contributed by atoms with E-state index < -0.39 is 0 Å². The summed E-state index contributed by atoms with van der Waals surface area (Å²) in [5.41, 5.74) is 5.24. The molecule has 1 unspecified atom stereocenters. The number of hydrogen-bond donors (Lipinski definition) is 1. The van der Waals surface area contributed by atoms with E-state index >= 15 is 0 Å². The van der Waals surface area contributed by atoms with Gasteiger partial charge in [-0.15, -0.1) is 0 Å². The lowest BCUT2D eigenvalue weighted by Gasteiger charge is -2.16. The SMILES string of the molecule is CCn1ncc(-c2cc(C(=O)NC(C)c3ccccc3)c3ccccc3n2)c1C. The van der Waals surface area contributed by atoms with Gasteiger partial charge in [0.1, 0.15) is 0 Å². The van der Waals surface area contributed by atoms with Crippen molar-refractivity contribution in [2.45, 2.75) is 33.4 Å². The van der Waals surface area contributed by atoms with Crippen LogP contribution in [0.5, 0.6) is 0 Å². The average Bonchev–Trinajstić information content (AvgIpc) is 3.13. The number of para-hydroxylation sites is 1. The number of carbonyl (C=O) groups excluding carboxylic acids is 1. The quantitative estimate of drug-likeness (QED) is 0.531. The van der Waals surface area contributed by atoms with Crippen molar-refractivity contribution in [2.75, 3.05) is 0 Å². The number of pyridine rings is 1. The molecule has 29 heavy (non-hydrogen) atoms. The minimum atomic E-state index is -0.110. The van der Waals surface area contributed by atoms with Crippen LogP contribution in [0.25, 0.3) is 22.2 Å². The molecule has 0 aliphatic rings. The van der Waals surface area contributed by atoms with E-state index in [1.54, 1.807) is 0 Å². The predicted molar refractivity (Wildman–Crippen MR) is 116 cm³/mol. The summed E-state index contributed by atoms with van der Waals surface area (Å²) in [5.74, 6) is -0.110. The van der Waals surface area contributed by atoms with E-state index in [-0.39, 0.29) is 11.9 Å². The molecular weight excluding hydrogens is 360 g/mol. The first-order chi connectivity index (χ1) is 14.1. The Morgan fingerprint density at radius 1 is 1.10 bits per heavy atom. The Hall–Kier alpha value is -3.47. The molecular formula is C24H24N4O. The Balaban J connectivity index is 1.76. The van der Waals surface area contributed by atoms with Gasteiger partial charge in [0, 0.05) is 23.2 Å². The van der Waals surface area contributed by atoms with Gasteiger partial charge in [-0.25, -0.2) is 4.98 Å². The fourth-order valence-corrected chi connectivity index (χ4v) is 3.62. The van der Waals surface area contributed by atoms with Crippen molar-refractivity contribution in [2.24, 2.45) is 0 Å². The van der Waals surface area contributed by atoms with Crippen molar-refractivity contribution in [1.29, 1.82) is 0 Å². The van der Waals surface area contributed by atoms with Gasteiger partial charge in [-0.05, 0) is 38.5 Å². The van der Waals surface area contributed by atoms with Crippen molar-refractivity contribution in [3.63, 3.8) is 0 Å². The van der Waals surface area contributed by atoms with Crippen LogP contribution in [0.15, 0.2) is 66.9 Å². The van der Waals surface area contributed by atoms with Crippen molar-refractivity contribution in [3.8, 4) is 11.3 Å². The maximum Gasteiger partial charge on any atom is 0.252 e. The van der Waals surface area contributed by atoms with Gasteiger partial charge in [0.2, 0.25) is 0 Å². The molecule has 2 aromatic heterocycles. The summed E-state index contributed by atoms with van der Waals surface area (Å²) >= 11 is 0. The third-order valence-corrected chi connectivity index (χ3v) is 5.29. The van der Waals surface area contributed by atoms with E-state index in [1.807, 2.05) is 85.4 Å². The first-order valence-corrected chi connectivity index (χ1v) is 9.87. The molecule has 1 amide bonds. The lowest BCUT2D eigenvalue weighted by molar-refractivity contribution is 0.0941. The van der Waals surface area contributed by atoms with Gasteiger partial charge in [0.05, 0.1) is 29.0 Å². The van der Waals surface area contributed by atoms with Crippen LogP contribution in [-0.4, -0.2) is 20.7 Å². The molecule has 5 heteroatoms. The van der Waals surface area contributed by atoms with E-state index in [1.165, 1.54) is 0 Å². The first-order valence-electron chi connectivity index (χ1n) is 9.87. The van der Waals surface area contributed by atoms with Crippen LogP contribution in [0.1, 0.15) is 41.5 Å². The first kappa shape index (κ1) is 18.9. The summed E-state index contributed by atoms with van der Waals surface area (Å²) in [5, 5.41) is 8.40. The highest BCUT2D eigenvalue weighted by atomic mass is 16.1. The van der Waals surface area contributed by atoms with Gasteiger partial charge < -0.3 is 5.32 Å². The lowest BCUT2D eigenvalue weighted by atomic mass is 10.0. The largest absolute Gasteiger partial charge is 0.345 e. The van der Waals surface area contributed by atoms with E-state index in [0.717, 1.165) is 40.0 Å².